The van der Waals surface area contributed by atoms with Crippen molar-refractivity contribution in [2.45, 2.75) is 51.6 Å². The highest BCUT2D eigenvalue weighted by Crippen LogP contribution is 2.29. The van der Waals surface area contributed by atoms with E-state index in [4.69, 9.17) is 0 Å². The molecule has 0 saturated carbocycles. The topological polar surface area (TPSA) is 29.9 Å². The lowest BCUT2D eigenvalue weighted by Gasteiger charge is -2.27. The molecule has 0 aliphatic heterocycles. The van der Waals surface area contributed by atoms with Crippen molar-refractivity contribution in [2.75, 3.05) is 11.5 Å². The second kappa shape index (κ2) is 6.62. The monoisotopic (exact) mass is 267 g/mol. The third kappa shape index (κ3) is 3.29. The number of aromatic nitrogens is 2. The number of thioether (sulfide) groups is 1. The maximum atomic E-state index is 4.40. The van der Waals surface area contributed by atoms with Crippen LogP contribution < -0.4 is 5.32 Å². The van der Waals surface area contributed by atoms with Gasteiger partial charge in [0.05, 0.1) is 6.20 Å². The largest absolute Gasteiger partial charge is 0.307 e. The van der Waals surface area contributed by atoms with E-state index >= 15 is 0 Å². The molecule has 0 fully saturated rings. The van der Waals surface area contributed by atoms with E-state index in [9.17, 15) is 0 Å². The van der Waals surface area contributed by atoms with Crippen LogP contribution in [0.4, 0.5) is 0 Å². The van der Waals surface area contributed by atoms with Gasteiger partial charge < -0.3 is 5.32 Å². The normalized spacial score (nSPS) is 20.7. The van der Waals surface area contributed by atoms with Crippen molar-refractivity contribution in [3.8, 4) is 0 Å². The van der Waals surface area contributed by atoms with Crippen molar-refractivity contribution in [1.82, 2.24) is 15.1 Å². The Hall–Kier alpha value is -0.480. The molecule has 0 bridgehead atoms. The Morgan fingerprint density at radius 2 is 2.44 bits per heavy atom. The number of hydrogen-bond donors (Lipinski definition) is 1. The molecule has 0 saturated heterocycles. The molecule has 0 amide bonds. The van der Waals surface area contributed by atoms with Crippen LogP contribution in [0.1, 0.15) is 50.4 Å². The first-order valence-electron chi connectivity index (χ1n) is 7.07. The van der Waals surface area contributed by atoms with Crippen LogP contribution >= 0.6 is 11.8 Å². The molecule has 1 aromatic heterocycles. The van der Waals surface area contributed by atoms with Crippen LogP contribution in [-0.4, -0.2) is 27.3 Å². The summed E-state index contributed by atoms with van der Waals surface area (Å²) in [5.74, 6) is 2.49. The van der Waals surface area contributed by atoms with Crippen molar-refractivity contribution in [1.29, 1.82) is 0 Å². The van der Waals surface area contributed by atoms with Crippen molar-refractivity contribution in [3.05, 3.63) is 17.5 Å². The fraction of sp³-hybridized carbons (Fsp3) is 0.786. The van der Waals surface area contributed by atoms with Gasteiger partial charge in [0, 0.05) is 30.4 Å². The Morgan fingerprint density at radius 1 is 1.61 bits per heavy atom. The Labute approximate surface area is 115 Å². The van der Waals surface area contributed by atoms with Crippen LogP contribution in [0.3, 0.4) is 0 Å². The van der Waals surface area contributed by atoms with Gasteiger partial charge in [-0.2, -0.15) is 16.9 Å². The molecule has 1 aromatic rings. The SMILES string of the molecule is CCSCCC(C)NC1CCCc2c1cnn2C. The number of fused-ring (bicyclic) bond motifs is 1. The molecule has 102 valence electrons. The van der Waals surface area contributed by atoms with Crippen molar-refractivity contribution >= 4 is 11.8 Å². The first-order chi connectivity index (χ1) is 8.72. The zero-order chi connectivity index (χ0) is 13.0. The lowest BCUT2D eigenvalue weighted by molar-refractivity contribution is 0.400. The summed E-state index contributed by atoms with van der Waals surface area (Å²) in [7, 11) is 2.06. The highest BCUT2D eigenvalue weighted by atomic mass is 32.2. The maximum Gasteiger partial charge on any atom is 0.0540 e. The minimum absolute atomic E-state index is 0.518. The molecular weight excluding hydrogens is 242 g/mol. The lowest BCUT2D eigenvalue weighted by Crippen LogP contribution is -2.33. The van der Waals surface area contributed by atoms with Crippen LogP contribution in [0.15, 0.2) is 6.20 Å². The predicted octanol–water partition coefficient (Wildman–Crippen LogP) is 2.92. The first-order valence-corrected chi connectivity index (χ1v) is 8.22. The molecule has 1 heterocycles. The van der Waals surface area contributed by atoms with Crippen molar-refractivity contribution in [3.63, 3.8) is 0 Å². The van der Waals surface area contributed by atoms with Crippen LogP contribution in [0, 0.1) is 0 Å². The summed E-state index contributed by atoms with van der Waals surface area (Å²) >= 11 is 2.03. The zero-order valence-electron chi connectivity index (χ0n) is 11.8. The molecule has 2 unspecified atom stereocenters. The fourth-order valence-electron chi connectivity index (χ4n) is 2.71. The molecule has 1 aliphatic rings. The van der Waals surface area contributed by atoms with E-state index in [-0.39, 0.29) is 0 Å². The number of aryl methyl sites for hydroxylation is 1. The average molecular weight is 267 g/mol. The molecule has 0 aromatic carbocycles. The van der Waals surface area contributed by atoms with Crippen LogP contribution in [0.25, 0.3) is 0 Å². The maximum absolute atomic E-state index is 4.40. The zero-order valence-corrected chi connectivity index (χ0v) is 12.6. The van der Waals surface area contributed by atoms with Gasteiger partial charge in [0.25, 0.3) is 0 Å². The third-order valence-electron chi connectivity index (χ3n) is 3.76. The molecule has 1 aliphatic carbocycles. The molecule has 1 N–H and O–H groups in total. The van der Waals surface area contributed by atoms with E-state index < -0.39 is 0 Å². The van der Waals surface area contributed by atoms with E-state index in [1.165, 1.54) is 48.4 Å². The van der Waals surface area contributed by atoms with Gasteiger partial charge in [-0.05, 0) is 44.1 Å². The minimum Gasteiger partial charge on any atom is -0.307 e. The van der Waals surface area contributed by atoms with Gasteiger partial charge in [0.1, 0.15) is 0 Å². The summed E-state index contributed by atoms with van der Waals surface area (Å²) in [4.78, 5) is 0. The van der Waals surface area contributed by atoms with E-state index in [1.54, 1.807) is 0 Å². The third-order valence-corrected chi connectivity index (χ3v) is 4.69. The predicted molar refractivity (Wildman–Crippen MR) is 79.1 cm³/mol. The van der Waals surface area contributed by atoms with Crippen LogP contribution in [0.5, 0.6) is 0 Å². The summed E-state index contributed by atoms with van der Waals surface area (Å²) in [5.41, 5.74) is 2.85. The highest BCUT2D eigenvalue weighted by Gasteiger charge is 2.24. The molecule has 2 atom stereocenters. The first kappa shape index (κ1) is 13.9. The summed E-state index contributed by atoms with van der Waals surface area (Å²) < 4.78 is 2.04. The fourth-order valence-corrected chi connectivity index (χ4v) is 3.52. The summed E-state index contributed by atoms with van der Waals surface area (Å²) in [5, 5.41) is 8.18. The second-order valence-electron chi connectivity index (χ2n) is 5.17. The molecule has 3 nitrogen and oxygen atoms in total. The van der Waals surface area contributed by atoms with Crippen LogP contribution in [-0.2, 0) is 13.5 Å². The lowest BCUT2D eigenvalue weighted by atomic mass is 9.92. The average Bonchev–Trinajstić information content (AvgIpc) is 2.73. The minimum atomic E-state index is 0.518. The van der Waals surface area contributed by atoms with Crippen LogP contribution in [0.2, 0.25) is 0 Å². The van der Waals surface area contributed by atoms with Gasteiger partial charge in [-0.1, -0.05) is 6.92 Å². The summed E-state index contributed by atoms with van der Waals surface area (Å²) in [6.45, 7) is 4.53. The molecular formula is C14H25N3S. The van der Waals surface area contributed by atoms with E-state index in [2.05, 4.69) is 37.5 Å². The van der Waals surface area contributed by atoms with Gasteiger partial charge >= 0.3 is 0 Å². The van der Waals surface area contributed by atoms with Gasteiger partial charge in [0.15, 0.2) is 0 Å². The second-order valence-corrected chi connectivity index (χ2v) is 6.56. The molecule has 18 heavy (non-hydrogen) atoms. The summed E-state index contributed by atoms with van der Waals surface area (Å²) in [6, 6.07) is 1.12. The Balaban J connectivity index is 1.90. The number of nitrogens with zero attached hydrogens (tertiary/aromatic N) is 2. The van der Waals surface area contributed by atoms with Gasteiger partial charge in [-0.3, -0.25) is 4.68 Å². The number of rotatable bonds is 6. The molecule has 2 rings (SSSR count). The van der Waals surface area contributed by atoms with Crippen molar-refractivity contribution < 1.29 is 0 Å². The molecule has 0 spiro atoms. The number of nitrogens with one attached hydrogen (secondary N) is 1. The Kier molecular flexibility index (Phi) is 5.13. The van der Waals surface area contributed by atoms with E-state index in [0.717, 1.165) is 0 Å². The van der Waals surface area contributed by atoms with Gasteiger partial charge in [-0.25, -0.2) is 0 Å². The van der Waals surface area contributed by atoms with E-state index in [1.807, 2.05) is 16.4 Å². The van der Waals surface area contributed by atoms with Gasteiger partial charge in [-0.15, -0.1) is 0 Å². The Bertz CT molecular complexity index is 375. The standard InChI is InChI=1S/C14H25N3S/c1-4-18-9-8-11(2)16-13-6-5-7-14-12(13)10-15-17(14)3/h10-11,13,16H,4-9H2,1-3H3. The molecule has 4 heteroatoms. The van der Waals surface area contributed by atoms with Gasteiger partial charge in [0.2, 0.25) is 0 Å². The smallest absolute Gasteiger partial charge is 0.0540 e. The summed E-state index contributed by atoms with van der Waals surface area (Å²) in [6.07, 6.45) is 7.03. The van der Waals surface area contributed by atoms with Crippen molar-refractivity contribution in [2.24, 2.45) is 7.05 Å². The number of hydrogen-bond acceptors (Lipinski definition) is 3. The van der Waals surface area contributed by atoms with E-state index in [0.29, 0.717) is 12.1 Å². The Morgan fingerprint density at radius 3 is 3.22 bits per heavy atom. The quantitative estimate of drug-likeness (QED) is 0.804. The molecule has 0 radical (unpaired) electrons. The highest BCUT2D eigenvalue weighted by molar-refractivity contribution is 7.99.